The van der Waals surface area contributed by atoms with E-state index in [-0.39, 0.29) is 33.6 Å². The second kappa shape index (κ2) is 13.7. The van der Waals surface area contributed by atoms with E-state index in [2.05, 4.69) is 41.2 Å². The van der Waals surface area contributed by atoms with Crippen molar-refractivity contribution in [2.75, 3.05) is 7.11 Å². The molecule has 0 bridgehead atoms. The zero-order chi connectivity index (χ0) is 35.1. The zero-order valence-electron chi connectivity index (χ0n) is 30.1. The highest BCUT2D eigenvalue weighted by atomic mass is 19.4. The van der Waals surface area contributed by atoms with Crippen molar-refractivity contribution in [1.82, 2.24) is 0 Å². The fourth-order valence-corrected chi connectivity index (χ4v) is 10.2. The Labute approximate surface area is 281 Å². The number of carbonyl (C=O) groups is 1. The number of alkyl halides is 3. The number of ether oxygens (including phenoxy) is 2. The second-order valence-corrected chi connectivity index (χ2v) is 16.8. The molecule has 264 valence electrons. The van der Waals surface area contributed by atoms with Crippen molar-refractivity contribution in [3.05, 3.63) is 59.7 Å². The maximum atomic E-state index is 14.8. The van der Waals surface area contributed by atoms with Gasteiger partial charge in [-0.3, -0.25) is 0 Å². The monoisotopic (exact) mass is 660 g/mol. The number of methoxy groups -OCH3 is 1. The Morgan fingerprint density at radius 2 is 1.66 bits per heavy atom. The first-order valence-corrected chi connectivity index (χ1v) is 17.7. The molecule has 3 aliphatic rings. The van der Waals surface area contributed by atoms with E-state index >= 15 is 0 Å². The standard InChI is InChI=1S/C40H59F3O4/c1-27-17-14-22-35(3,4)30(27)26-31(47-34(44)39(46-9,40(41,42)43)29-18-11-10-12-19-29)28(2)16-13-20-33-37(7)24-15-23-36(5,6)32(37)21-25-38(33,8)45/h10-12,16,18-19,30-33,45H,1,13-15,17,20-26H2,2-9H3/b28-16+/t30-,31-,32+,33-,37+,38-,39?/m1/s1. The fourth-order valence-electron chi connectivity index (χ4n) is 10.2. The van der Waals surface area contributed by atoms with Gasteiger partial charge in [0, 0.05) is 12.7 Å². The van der Waals surface area contributed by atoms with E-state index in [4.69, 9.17) is 9.47 Å². The highest BCUT2D eigenvalue weighted by Gasteiger charge is 2.64. The fraction of sp³-hybridized carbons (Fsp3) is 0.725. The van der Waals surface area contributed by atoms with Crippen molar-refractivity contribution in [3.63, 3.8) is 0 Å². The van der Waals surface area contributed by atoms with Gasteiger partial charge in [-0.1, -0.05) is 89.6 Å². The predicted molar refractivity (Wildman–Crippen MR) is 182 cm³/mol. The maximum absolute atomic E-state index is 14.8. The lowest BCUT2D eigenvalue weighted by Crippen LogP contribution is -2.57. The number of halogens is 3. The molecule has 0 aliphatic heterocycles. The molecule has 1 aromatic carbocycles. The second-order valence-electron chi connectivity index (χ2n) is 16.8. The van der Waals surface area contributed by atoms with E-state index < -0.39 is 29.5 Å². The lowest BCUT2D eigenvalue weighted by Gasteiger charge is -2.61. The minimum Gasteiger partial charge on any atom is -0.455 e. The molecule has 0 radical (unpaired) electrons. The van der Waals surface area contributed by atoms with Crippen LogP contribution in [0.5, 0.6) is 0 Å². The Balaban J connectivity index is 1.66. The van der Waals surface area contributed by atoms with E-state index in [9.17, 15) is 23.1 Å². The van der Waals surface area contributed by atoms with Gasteiger partial charge in [-0.2, -0.15) is 13.2 Å². The first kappa shape index (κ1) is 37.7. The molecule has 1 unspecified atom stereocenters. The van der Waals surface area contributed by atoms with Crippen LogP contribution in [0.25, 0.3) is 0 Å². The Hall–Kier alpha value is -2.12. The molecule has 3 fully saturated rings. The Morgan fingerprint density at radius 3 is 2.26 bits per heavy atom. The summed E-state index contributed by atoms with van der Waals surface area (Å²) in [5.41, 5.74) is -2.53. The summed E-state index contributed by atoms with van der Waals surface area (Å²) in [6, 6.07) is 7.01. The molecule has 1 N–H and O–H groups in total. The molecule has 3 saturated carbocycles. The summed E-state index contributed by atoms with van der Waals surface area (Å²) in [5.74, 6) is -0.888. The van der Waals surface area contributed by atoms with Crippen LogP contribution in [0.2, 0.25) is 0 Å². The molecule has 7 atom stereocenters. The van der Waals surface area contributed by atoms with Crippen LogP contribution in [-0.4, -0.2) is 36.1 Å². The molecular weight excluding hydrogens is 601 g/mol. The Morgan fingerprint density at radius 1 is 1.02 bits per heavy atom. The maximum Gasteiger partial charge on any atom is 0.432 e. The van der Waals surface area contributed by atoms with E-state index in [1.54, 1.807) is 6.07 Å². The van der Waals surface area contributed by atoms with Crippen LogP contribution >= 0.6 is 0 Å². The summed E-state index contributed by atoms with van der Waals surface area (Å²) >= 11 is 0. The van der Waals surface area contributed by atoms with Crippen LogP contribution < -0.4 is 0 Å². The molecule has 0 saturated heterocycles. The van der Waals surface area contributed by atoms with Crippen molar-refractivity contribution in [2.24, 2.45) is 34.0 Å². The minimum absolute atomic E-state index is 0.00142. The summed E-state index contributed by atoms with van der Waals surface area (Å²) in [6.07, 6.45) is 5.82. The molecule has 4 rings (SSSR count). The van der Waals surface area contributed by atoms with Crippen molar-refractivity contribution < 1.29 is 32.5 Å². The van der Waals surface area contributed by atoms with Gasteiger partial charge in [-0.05, 0) is 118 Å². The predicted octanol–water partition coefficient (Wildman–Crippen LogP) is 10.5. The van der Waals surface area contributed by atoms with Gasteiger partial charge in [-0.15, -0.1) is 0 Å². The summed E-state index contributed by atoms with van der Waals surface area (Å²) in [5, 5.41) is 11.7. The van der Waals surface area contributed by atoms with Crippen LogP contribution in [-0.2, 0) is 19.9 Å². The lowest BCUT2D eigenvalue weighted by molar-refractivity contribution is -0.278. The van der Waals surface area contributed by atoms with E-state index in [0.717, 1.165) is 64.0 Å². The molecule has 4 nitrogen and oxygen atoms in total. The Bertz CT molecular complexity index is 1300. The highest BCUT2D eigenvalue weighted by molar-refractivity contribution is 5.83. The van der Waals surface area contributed by atoms with Gasteiger partial charge >= 0.3 is 12.1 Å². The van der Waals surface area contributed by atoms with E-state index in [0.29, 0.717) is 24.3 Å². The molecule has 47 heavy (non-hydrogen) atoms. The van der Waals surface area contributed by atoms with Crippen LogP contribution in [0.4, 0.5) is 13.2 Å². The third-order valence-corrected chi connectivity index (χ3v) is 12.8. The van der Waals surface area contributed by atoms with Crippen molar-refractivity contribution >= 4 is 5.97 Å². The zero-order valence-corrected chi connectivity index (χ0v) is 30.1. The molecule has 3 aliphatic carbocycles. The van der Waals surface area contributed by atoms with Gasteiger partial charge in [0.15, 0.2) is 0 Å². The SMILES string of the molecule is C=C1CCCC(C)(C)[C@@H]1C[C@@H](OC(=O)C(OC)(c1ccccc1)C(F)(F)F)/C(C)=C/CC[C@@H]1[C@@]2(C)CCCC(C)(C)[C@@H]2CC[C@@]1(C)O. The average Bonchev–Trinajstić information content (AvgIpc) is 2.95. The van der Waals surface area contributed by atoms with Crippen LogP contribution in [0.1, 0.15) is 125 Å². The number of hydrogen-bond donors (Lipinski definition) is 1. The Kier molecular flexibility index (Phi) is 10.9. The van der Waals surface area contributed by atoms with Gasteiger partial charge < -0.3 is 14.6 Å². The topological polar surface area (TPSA) is 55.8 Å². The molecule has 1 aromatic rings. The van der Waals surface area contributed by atoms with Crippen molar-refractivity contribution in [3.8, 4) is 0 Å². The van der Waals surface area contributed by atoms with Crippen LogP contribution in [0.15, 0.2) is 54.1 Å². The van der Waals surface area contributed by atoms with E-state index in [1.807, 2.05) is 19.9 Å². The van der Waals surface area contributed by atoms with Gasteiger partial charge in [0.25, 0.3) is 5.60 Å². The molecule has 0 amide bonds. The minimum atomic E-state index is -5.05. The van der Waals surface area contributed by atoms with Gasteiger partial charge in [0.1, 0.15) is 6.10 Å². The molecule has 0 spiro atoms. The number of allylic oxidation sites excluding steroid dienone is 2. The number of carbonyl (C=O) groups excluding carboxylic acids is 1. The summed E-state index contributed by atoms with van der Waals surface area (Å²) in [6.45, 7) is 19.6. The third kappa shape index (κ3) is 7.27. The summed E-state index contributed by atoms with van der Waals surface area (Å²) < 4.78 is 55.6. The van der Waals surface area contributed by atoms with Crippen LogP contribution in [0, 0.1) is 34.0 Å². The number of hydrogen-bond acceptors (Lipinski definition) is 4. The largest absolute Gasteiger partial charge is 0.455 e. The number of benzene rings is 1. The van der Waals surface area contributed by atoms with Crippen molar-refractivity contribution in [1.29, 1.82) is 0 Å². The van der Waals surface area contributed by atoms with Gasteiger partial charge in [0.05, 0.1) is 5.60 Å². The quantitative estimate of drug-likeness (QED) is 0.200. The highest BCUT2D eigenvalue weighted by Crippen LogP contribution is 2.63. The number of rotatable bonds is 10. The summed E-state index contributed by atoms with van der Waals surface area (Å²) in [7, 11) is 0.905. The molecule has 7 heteroatoms. The molecule has 0 heterocycles. The summed E-state index contributed by atoms with van der Waals surface area (Å²) in [4.78, 5) is 13.9. The number of esters is 1. The number of aliphatic hydroxyl groups is 1. The normalized spacial score (nSPS) is 33.0. The smallest absolute Gasteiger partial charge is 0.432 e. The van der Waals surface area contributed by atoms with Gasteiger partial charge in [0.2, 0.25) is 0 Å². The first-order valence-electron chi connectivity index (χ1n) is 17.7. The van der Waals surface area contributed by atoms with Gasteiger partial charge in [-0.25, -0.2) is 4.79 Å². The van der Waals surface area contributed by atoms with Crippen molar-refractivity contribution in [2.45, 2.75) is 143 Å². The van der Waals surface area contributed by atoms with E-state index in [1.165, 1.54) is 30.7 Å². The lowest BCUT2D eigenvalue weighted by atomic mass is 9.45. The molecule has 0 aromatic heterocycles. The first-order chi connectivity index (χ1) is 21.7. The number of fused-ring (bicyclic) bond motifs is 1. The average molecular weight is 661 g/mol. The third-order valence-electron chi connectivity index (χ3n) is 12.8. The molecular formula is C40H59F3O4. The van der Waals surface area contributed by atoms with Crippen LogP contribution in [0.3, 0.4) is 0 Å².